The first-order chi connectivity index (χ1) is 7.10. The molecule has 0 aromatic carbocycles. The van der Waals surface area contributed by atoms with Gasteiger partial charge in [-0.1, -0.05) is 0 Å². The number of rotatable bonds is 3. The van der Waals surface area contributed by atoms with Gasteiger partial charge in [0.1, 0.15) is 0 Å². The molecule has 0 saturated carbocycles. The molecule has 2 bridgehead atoms. The lowest BCUT2D eigenvalue weighted by atomic mass is 9.76. The van der Waals surface area contributed by atoms with Gasteiger partial charge in [-0.15, -0.1) is 0 Å². The Morgan fingerprint density at radius 2 is 2.27 bits per heavy atom. The molecule has 3 heterocycles. The predicted octanol–water partition coefficient (Wildman–Crippen LogP) is 0.654. The molecule has 86 valence electrons. The molecular weight excluding hydrogens is 214 g/mol. The minimum atomic E-state index is -0.656. The number of carbonyl (C=O) groups is 1. The van der Waals surface area contributed by atoms with Gasteiger partial charge in [0.2, 0.25) is 0 Å². The van der Waals surface area contributed by atoms with Crippen molar-refractivity contribution in [3.05, 3.63) is 0 Å². The summed E-state index contributed by atoms with van der Waals surface area (Å²) in [7, 11) is 0. The van der Waals surface area contributed by atoms with Crippen LogP contribution >= 0.6 is 12.0 Å². The molecule has 0 amide bonds. The van der Waals surface area contributed by atoms with E-state index in [0.717, 1.165) is 44.5 Å². The second kappa shape index (κ2) is 4.31. The molecule has 1 N–H and O–H groups in total. The van der Waals surface area contributed by atoms with Crippen molar-refractivity contribution in [3.63, 3.8) is 0 Å². The quantitative estimate of drug-likeness (QED) is 0.723. The summed E-state index contributed by atoms with van der Waals surface area (Å²) in [5.41, 5.74) is -0.656. The first kappa shape index (κ1) is 11.2. The SMILES string of the molecule is CC(=O)OSCC1(O)CN2CCC1CC2. The predicted molar refractivity (Wildman–Crippen MR) is 58.3 cm³/mol. The summed E-state index contributed by atoms with van der Waals surface area (Å²) in [6, 6.07) is 0. The molecule has 0 aliphatic carbocycles. The average Bonchev–Trinajstić information content (AvgIpc) is 2.18. The van der Waals surface area contributed by atoms with Crippen LogP contribution < -0.4 is 0 Å². The van der Waals surface area contributed by atoms with E-state index in [2.05, 4.69) is 4.90 Å². The van der Waals surface area contributed by atoms with Gasteiger partial charge in [0.25, 0.3) is 0 Å². The highest BCUT2D eigenvalue weighted by Gasteiger charge is 2.45. The van der Waals surface area contributed by atoms with E-state index in [4.69, 9.17) is 4.18 Å². The lowest BCUT2D eigenvalue weighted by Crippen LogP contribution is -2.60. The van der Waals surface area contributed by atoms with Crippen molar-refractivity contribution in [3.8, 4) is 0 Å². The summed E-state index contributed by atoms with van der Waals surface area (Å²) in [4.78, 5) is 12.9. The summed E-state index contributed by atoms with van der Waals surface area (Å²) in [6.45, 7) is 4.32. The second-order valence-corrected chi connectivity index (χ2v) is 5.18. The first-order valence-electron chi connectivity index (χ1n) is 5.35. The number of piperidine rings is 3. The highest BCUT2D eigenvalue weighted by atomic mass is 32.2. The highest BCUT2D eigenvalue weighted by Crippen LogP contribution is 2.37. The number of hydrogen-bond acceptors (Lipinski definition) is 5. The van der Waals surface area contributed by atoms with Crippen molar-refractivity contribution < 1.29 is 14.1 Å². The van der Waals surface area contributed by atoms with Gasteiger partial charge in [0.05, 0.1) is 23.4 Å². The minimum Gasteiger partial charge on any atom is -0.391 e. The molecular formula is C10H17NO3S. The summed E-state index contributed by atoms with van der Waals surface area (Å²) >= 11 is 1.08. The zero-order chi connectivity index (χ0) is 10.9. The molecule has 0 aromatic heterocycles. The van der Waals surface area contributed by atoms with Gasteiger partial charge >= 0.3 is 5.97 Å². The van der Waals surface area contributed by atoms with Crippen LogP contribution in [0.15, 0.2) is 0 Å². The maximum atomic E-state index is 10.6. The van der Waals surface area contributed by atoms with Gasteiger partial charge in [-0.3, -0.25) is 4.79 Å². The van der Waals surface area contributed by atoms with Crippen LogP contribution in [0.1, 0.15) is 19.8 Å². The molecule has 1 unspecified atom stereocenters. The molecule has 0 radical (unpaired) electrons. The third-order valence-corrected chi connectivity index (χ3v) is 4.30. The van der Waals surface area contributed by atoms with Crippen molar-refractivity contribution in [2.24, 2.45) is 5.92 Å². The van der Waals surface area contributed by atoms with E-state index in [0.29, 0.717) is 11.7 Å². The van der Waals surface area contributed by atoms with Crippen LogP contribution in [0.25, 0.3) is 0 Å². The molecule has 5 heteroatoms. The van der Waals surface area contributed by atoms with E-state index in [1.165, 1.54) is 6.92 Å². The largest absolute Gasteiger partial charge is 0.391 e. The normalized spacial score (nSPS) is 39.1. The van der Waals surface area contributed by atoms with Crippen molar-refractivity contribution in [1.29, 1.82) is 0 Å². The fourth-order valence-electron chi connectivity index (χ4n) is 2.52. The van der Waals surface area contributed by atoms with Gasteiger partial charge in [-0.25, -0.2) is 0 Å². The smallest absolute Gasteiger partial charge is 0.314 e. The van der Waals surface area contributed by atoms with Crippen LogP contribution in [0, 0.1) is 5.92 Å². The Labute approximate surface area is 94.2 Å². The van der Waals surface area contributed by atoms with Gasteiger partial charge < -0.3 is 14.2 Å². The van der Waals surface area contributed by atoms with E-state index in [-0.39, 0.29) is 5.97 Å². The van der Waals surface area contributed by atoms with Crippen LogP contribution in [0.2, 0.25) is 0 Å². The topological polar surface area (TPSA) is 49.8 Å². The molecule has 3 aliphatic rings. The van der Waals surface area contributed by atoms with Gasteiger partial charge in [0.15, 0.2) is 0 Å². The van der Waals surface area contributed by atoms with Crippen LogP contribution in [-0.4, -0.2) is 47.0 Å². The Balaban J connectivity index is 1.86. The molecule has 0 spiro atoms. The second-order valence-electron chi connectivity index (χ2n) is 4.49. The van der Waals surface area contributed by atoms with Crippen molar-refractivity contribution in [2.45, 2.75) is 25.4 Å². The molecule has 3 aliphatic heterocycles. The summed E-state index contributed by atoms with van der Waals surface area (Å²) < 4.78 is 4.82. The standard InChI is InChI=1S/C10H17NO3S/c1-8(12)14-15-7-10(13)6-11-4-2-9(10)3-5-11/h9,13H,2-7H2,1H3. The number of hydrogen-bond donors (Lipinski definition) is 1. The van der Waals surface area contributed by atoms with E-state index < -0.39 is 5.60 Å². The Bertz CT molecular complexity index is 253. The summed E-state index contributed by atoms with van der Waals surface area (Å²) in [5.74, 6) is 0.573. The summed E-state index contributed by atoms with van der Waals surface area (Å²) in [5, 5.41) is 10.4. The van der Waals surface area contributed by atoms with Crippen LogP contribution in [0.3, 0.4) is 0 Å². The van der Waals surface area contributed by atoms with E-state index >= 15 is 0 Å². The Kier molecular flexibility index (Phi) is 3.23. The maximum absolute atomic E-state index is 10.6. The maximum Gasteiger partial charge on any atom is 0.314 e. The van der Waals surface area contributed by atoms with Gasteiger partial charge in [0, 0.05) is 13.5 Å². The Hall–Kier alpha value is -0.260. The number of carbonyl (C=O) groups excluding carboxylic acids is 1. The van der Waals surface area contributed by atoms with Crippen molar-refractivity contribution in [1.82, 2.24) is 4.90 Å². The zero-order valence-electron chi connectivity index (χ0n) is 8.94. The number of nitrogens with zero attached hydrogens (tertiary/aromatic N) is 1. The number of aliphatic hydroxyl groups is 1. The molecule has 4 nitrogen and oxygen atoms in total. The van der Waals surface area contributed by atoms with Crippen LogP contribution in [0.5, 0.6) is 0 Å². The average molecular weight is 231 g/mol. The van der Waals surface area contributed by atoms with E-state index in [1.807, 2.05) is 0 Å². The molecule has 3 rings (SSSR count). The molecule has 15 heavy (non-hydrogen) atoms. The molecule has 3 saturated heterocycles. The highest BCUT2D eigenvalue weighted by molar-refractivity contribution is 7.95. The third-order valence-electron chi connectivity index (χ3n) is 3.33. The molecule has 1 atom stereocenters. The van der Waals surface area contributed by atoms with Gasteiger partial charge in [-0.2, -0.15) is 0 Å². The van der Waals surface area contributed by atoms with Gasteiger partial charge in [-0.05, 0) is 31.8 Å². The minimum absolute atomic E-state index is 0.301. The monoisotopic (exact) mass is 231 g/mol. The number of fused-ring (bicyclic) bond motifs is 3. The van der Waals surface area contributed by atoms with Crippen LogP contribution in [-0.2, 0) is 8.98 Å². The van der Waals surface area contributed by atoms with Crippen LogP contribution in [0.4, 0.5) is 0 Å². The lowest BCUT2D eigenvalue weighted by Gasteiger charge is -2.50. The Morgan fingerprint density at radius 3 is 2.73 bits per heavy atom. The lowest BCUT2D eigenvalue weighted by molar-refractivity contribution is -0.130. The zero-order valence-corrected chi connectivity index (χ0v) is 9.76. The fourth-order valence-corrected chi connectivity index (χ4v) is 3.28. The summed E-state index contributed by atoms with van der Waals surface area (Å²) in [6.07, 6.45) is 2.13. The molecule has 0 aromatic rings. The fraction of sp³-hybridized carbons (Fsp3) is 0.900. The van der Waals surface area contributed by atoms with E-state index in [1.54, 1.807) is 0 Å². The molecule has 3 fully saturated rings. The van der Waals surface area contributed by atoms with Crippen molar-refractivity contribution >= 4 is 18.0 Å². The van der Waals surface area contributed by atoms with E-state index in [9.17, 15) is 9.90 Å². The third kappa shape index (κ3) is 2.46. The first-order valence-corrected chi connectivity index (χ1v) is 6.26. The van der Waals surface area contributed by atoms with Crippen molar-refractivity contribution in [2.75, 3.05) is 25.4 Å². The Morgan fingerprint density at radius 1 is 1.60 bits per heavy atom.